The van der Waals surface area contributed by atoms with E-state index < -0.39 is 29.7 Å². The van der Waals surface area contributed by atoms with Crippen LogP contribution in [0.1, 0.15) is 58.9 Å². The van der Waals surface area contributed by atoms with E-state index in [0.29, 0.717) is 18.4 Å². The largest absolute Gasteiger partial charge is 0.508 e. The predicted molar refractivity (Wildman–Crippen MR) is 124 cm³/mol. The van der Waals surface area contributed by atoms with Gasteiger partial charge >= 0.3 is 5.97 Å². The van der Waals surface area contributed by atoms with Crippen LogP contribution in [0.4, 0.5) is 0 Å². The third kappa shape index (κ3) is 6.12. The average molecular weight is 488 g/mol. The number of nitrogens with one attached hydrogen (secondary N) is 2. The van der Waals surface area contributed by atoms with Gasteiger partial charge in [-0.25, -0.2) is 10.4 Å². The van der Waals surface area contributed by atoms with Crippen molar-refractivity contribution in [2.45, 2.75) is 45.2 Å². The third-order valence-electron chi connectivity index (χ3n) is 5.65. The van der Waals surface area contributed by atoms with Crippen LogP contribution in [0.2, 0.25) is 5.02 Å². The molecule has 0 spiro atoms. The van der Waals surface area contributed by atoms with Crippen molar-refractivity contribution in [1.82, 2.24) is 15.8 Å². The van der Waals surface area contributed by atoms with Crippen molar-refractivity contribution in [3.05, 3.63) is 64.2 Å². The number of carbonyl (C=O) groups is 4. The normalized spacial score (nSPS) is 14.4. The molecule has 4 N–H and O–H groups in total. The standard InChI is InChI=1S/C24H26ClN3O6/c1-14(24(33)34)27-28(22(31)16-6-2-3-7-16)23(32)19-10-9-17(12-20(19)25)21(30)26-13-15-5-4-8-18(29)11-15/h4-5,8-12,14,16,27,29H,2-3,6-7,13H2,1H3,(H,26,30)(H,33,34)/t14-/m0/s1. The zero-order chi connectivity index (χ0) is 24.8. The summed E-state index contributed by atoms with van der Waals surface area (Å²) < 4.78 is 0. The molecule has 1 atom stereocenters. The maximum Gasteiger partial charge on any atom is 0.322 e. The summed E-state index contributed by atoms with van der Waals surface area (Å²) >= 11 is 6.30. The zero-order valence-corrected chi connectivity index (χ0v) is 19.3. The number of rotatable bonds is 8. The molecule has 0 unspecified atom stereocenters. The zero-order valence-electron chi connectivity index (χ0n) is 18.6. The molecule has 1 fully saturated rings. The molecule has 0 saturated heterocycles. The molecule has 10 heteroatoms. The SMILES string of the molecule is C[C@H](NN(C(=O)c1ccc(C(=O)NCc2cccc(O)c2)cc1Cl)C(=O)C1CCCC1)C(=O)O. The number of carbonyl (C=O) groups excluding carboxylic acids is 3. The highest BCUT2D eigenvalue weighted by atomic mass is 35.5. The lowest BCUT2D eigenvalue weighted by molar-refractivity contribution is -0.143. The Morgan fingerprint density at radius 2 is 1.82 bits per heavy atom. The molecule has 9 nitrogen and oxygen atoms in total. The maximum atomic E-state index is 13.2. The van der Waals surface area contributed by atoms with E-state index in [1.807, 2.05) is 0 Å². The monoisotopic (exact) mass is 487 g/mol. The van der Waals surface area contributed by atoms with Gasteiger partial charge in [-0.1, -0.05) is 36.6 Å². The fraction of sp³-hybridized carbons (Fsp3) is 0.333. The summed E-state index contributed by atoms with van der Waals surface area (Å²) in [5.74, 6) is -3.25. The second-order valence-electron chi connectivity index (χ2n) is 8.20. The van der Waals surface area contributed by atoms with E-state index in [4.69, 9.17) is 11.6 Å². The molecule has 1 aliphatic carbocycles. The minimum atomic E-state index is -1.22. The number of aliphatic carboxylic acids is 1. The molecule has 0 radical (unpaired) electrons. The number of carboxylic acid groups (broad SMARTS) is 1. The minimum absolute atomic E-state index is 0.0392. The predicted octanol–water partition coefficient (Wildman–Crippen LogP) is 3.11. The van der Waals surface area contributed by atoms with E-state index in [2.05, 4.69) is 10.7 Å². The van der Waals surface area contributed by atoms with Crippen LogP contribution < -0.4 is 10.7 Å². The van der Waals surface area contributed by atoms with E-state index in [-0.39, 0.29) is 34.4 Å². The van der Waals surface area contributed by atoms with Gasteiger partial charge in [-0.15, -0.1) is 0 Å². The van der Waals surface area contributed by atoms with Crippen LogP contribution in [0, 0.1) is 5.92 Å². The summed E-state index contributed by atoms with van der Waals surface area (Å²) in [6.45, 7) is 1.50. The lowest BCUT2D eigenvalue weighted by Crippen LogP contribution is -2.54. The minimum Gasteiger partial charge on any atom is -0.508 e. The van der Waals surface area contributed by atoms with Crippen molar-refractivity contribution in [3.8, 4) is 5.75 Å². The van der Waals surface area contributed by atoms with E-state index >= 15 is 0 Å². The molecule has 1 aliphatic rings. The van der Waals surface area contributed by atoms with Crippen LogP contribution in [-0.4, -0.2) is 45.0 Å². The van der Waals surface area contributed by atoms with Crippen molar-refractivity contribution >= 4 is 35.3 Å². The van der Waals surface area contributed by atoms with Gasteiger partial charge in [0, 0.05) is 18.0 Å². The Morgan fingerprint density at radius 1 is 1.12 bits per heavy atom. The van der Waals surface area contributed by atoms with Gasteiger partial charge in [0.25, 0.3) is 11.8 Å². The number of nitrogens with zero attached hydrogens (tertiary/aromatic N) is 1. The molecular formula is C24H26ClN3O6. The molecule has 2 aromatic carbocycles. The molecule has 1 saturated carbocycles. The molecule has 3 amide bonds. The molecule has 3 rings (SSSR count). The Morgan fingerprint density at radius 3 is 2.44 bits per heavy atom. The molecule has 34 heavy (non-hydrogen) atoms. The van der Waals surface area contributed by atoms with Gasteiger partial charge in [0.15, 0.2) is 0 Å². The van der Waals surface area contributed by atoms with Gasteiger partial charge in [-0.2, -0.15) is 0 Å². The van der Waals surface area contributed by atoms with Gasteiger partial charge in [-0.05, 0) is 55.7 Å². The number of hydrogen-bond acceptors (Lipinski definition) is 6. The van der Waals surface area contributed by atoms with Crippen LogP contribution in [0.3, 0.4) is 0 Å². The van der Waals surface area contributed by atoms with Gasteiger partial charge in [0.1, 0.15) is 11.8 Å². The number of hydrazine groups is 1. The molecule has 0 aromatic heterocycles. The Kier molecular flexibility index (Phi) is 8.25. The number of phenolic OH excluding ortho intramolecular Hbond substituents is 1. The topological polar surface area (TPSA) is 136 Å². The summed E-state index contributed by atoms with van der Waals surface area (Å²) in [5, 5.41) is 22.1. The van der Waals surface area contributed by atoms with Crippen molar-refractivity contribution in [1.29, 1.82) is 0 Å². The van der Waals surface area contributed by atoms with Gasteiger partial charge in [0.05, 0.1) is 10.6 Å². The summed E-state index contributed by atoms with van der Waals surface area (Å²) in [6, 6.07) is 9.30. The number of imide groups is 1. The van der Waals surface area contributed by atoms with Crippen LogP contribution >= 0.6 is 11.6 Å². The fourth-order valence-corrected chi connectivity index (χ4v) is 3.99. The van der Waals surface area contributed by atoms with E-state index in [1.54, 1.807) is 12.1 Å². The highest BCUT2D eigenvalue weighted by molar-refractivity contribution is 6.34. The van der Waals surface area contributed by atoms with E-state index in [9.17, 15) is 29.4 Å². The lowest BCUT2D eigenvalue weighted by Gasteiger charge is -2.26. The van der Waals surface area contributed by atoms with Crippen molar-refractivity contribution in [2.24, 2.45) is 5.92 Å². The van der Waals surface area contributed by atoms with Gasteiger partial charge < -0.3 is 15.5 Å². The Bertz CT molecular complexity index is 1100. The quantitative estimate of drug-likeness (QED) is 0.331. The summed E-state index contributed by atoms with van der Waals surface area (Å²) in [5.41, 5.74) is 3.33. The average Bonchev–Trinajstić information content (AvgIpc) is 3.35. The molecule has 0 heterocycles. The first-order valence-corrected chi connectivity index (χ1v) is 11.3. The number of aromatic hydroxyl groups is 1. The van der Waals surface area contributed by atoms with Crippen LogP contribution in [0.25, 0.3) is 0 Å². The Labute approximate surface area is 201 Å². The van der Waals surface area contributed by atoms with E-state index in [0.717, 1.165) is 17.9 Å². The number of phenols is 1. The number of halogens is 1. The van der Waals surface area contributed by atoms with Crippen molar-refractivity contribution < 1.29 is 29.4 Å². The summed E-state index contributed by atoms with van der Waals surface area (Å²) in [4.78, 5) is 50.0. The summed E-state index contributed by atoms with van der Waals surface area (Å²) in [6.07, 6.45) is 2.97. The highest BCUT2D eigenvalue weighted by Gasteiger charge is 2.34. The first-order chi connectivity index (χ1) is 16.2. The van der Waals surface area contributed by atoms with Gasteiger partial charge in [0.2, 0.25) is 5.91 Å². The number of hydrogen-bond donors (Lipinski definition) is 4. The highest BCUT2D eigenvalue weighted by Crippen LogP contribution is 2.28. The molecule has 180 valence electrons. The van der Waals surface area contributed by atoms with Crippen molar-refractivity contribution in [3.63, 3.8) is 0 Å². The maximum absolute atomic E-state index is 13.2. The molecule has 0 bridgehead atoms. The van der Waals surface area contributed by atoms with Gasteiger partial charge in [-0.3, -0.25) is 19.2 Å². The smallest absolute Gasteiger partial charge is 0.322 e. The first kappa shape index (κ1) is 25.2. The molecular weight excluding hydrogens is 462 g/mol. The number of carboxylic acids is 1. The van der Waals surface area contributed by atoms with Crippen LogP contribution in [-0.2, 0) is 16.1 Å². The fourth-order valence-electron chi connectivity index (χ4n) is 3.73. The lowest BCUT2D eigenvalue weighted by atomic mass is 10.1. The number of benzene rings is 2. The summed E-state index contributed by atoms with van der Waals surface area (Å²) in [7, 11) is 0. The first-order valence-electron chi connectivity index (χ1n) is 10.9. The number of amides is 3. The van der Waals surface area contributed by atoms with E-state index in [1.165, 1.54) is 37.3 Å². The Hall–Kier alpha value is -3.43. The molecule has 2 aromatic rings. The van der Waals surface area contributed by atoms with Crippen LogP contribution in [0.5, 0.6) is 5.75 Å². The Balaban J connectivity index is 1.76. The second-order valence-corrected chi connectivity index (χ2v) is 8.60. The van der Waals surface area contributed by atoms with Crippen molar-refractivity contribution in [2.75, 3.05) is 0 Å². The molecule has 0 aliphatic heterocycles. The van der Waals surface area contributed by atoms with Crippen LogP contribution in [0.15, 0.2) is 42.5 Å². The third-order valence-corrected chi connectivity index (χ3v) is 5.96. The second kappa shape index (κ2) is 11.1.